The van der Waals surface area contributed by atoms with Crippen molar-refractivity contribution < 1.29 is 173 Å². The van der Waals surface area contributed by atoms with Gasteiger partial charge >= 0.3 is 5.97 Å². The molecule has 0 aromatic carbocycles. The van der Waals surface area contributed by atoms with Crippen molar-refractivity contribution >= 4 is 29.6 Å². The highest BCUT2D eigenvalue weighted by Gasteiger charge is 2.62. The Morgan fingerprint density at radius 3 is 1.53 bits per heavy atom. The third kappa shape index (κ3) is 15.8. The second-order valence-corrected chi connectivity index (χ2v) is 21.2. The Morgan fingerprint density at radius 2 is 0.988 bits per heavy atom. The number of carboxylic acid groups (broad SMARTS) is 1. The normalized spacial score (nSPS) is 44.6. The highest BCUT2D eigenvalue weighted by atomic mass is 16.8. The van der Waals surface area contributed by atoms with Gasteiger partial charge in [-0.15, -0.1) is 0 Å². The summed E-state index contributed by atoms with van der Waals surface area (Å²) in [5.74, 6) is -9.45. The quantitative estimate of drug-likeness (QED) is 0.0427. The average Bonchev–Trinajstić information content (AvgIpc) is 0.812. The van der Waals surface area contributed by atoms with E-state index in [4.69, 9.17) is 52.1 Å². The number of hydrogen-bond acceptors (Lipinski definition) is 34. The van der Waals surface area contributed by atoms with Gasteiger partial charge in [-0.3, -0.25) is 19.2 Å². The van der Waals surface area contributed by atoms with E-state index in [0.29, 0.717) is 0 Å². The van der Waals surface area contributed by atoms with Gasteiger partial charge in [0.15, 0.2) is 31.5 Å². The van der Waals surface area contributed by atoms with Crippen molar-refractivity contribution in [2.75, 3.05) is 46.2 Å². The molecule has 0 bridgehead atoms. The summed E-state index contributed by atoms with van der Waals surface area (Å²) in [5, 5.41) is 214. The molecule has 86 heavy (non-hydrogen) atoms. The van der Waals surface area contributed by atoms with E-state index in [0.717, 1.165) is 20.8 Å². The van der Waals surface area contributed by atoms with Gasteiger partial charge < -0.3 is 170 Å². The van der Waals surface area contributed by atoms with Crippen LogP contribution < -0.4 is 21.3 Å². The molecule has 6 rings (SSSR count). The smallest absolute Gasteiger partial charge is 0.364 e. The van der Waals surface area contributed by atoms with Gasteiger partial charge in [-0.05, 0) is 0 Å². The zero-order valence-corrected chi connectivity index (χ0v) is 46.0. The van der Waals surface area contributed by atoms with E-state index in [-0.39, 0.29) is 0 Å². The molecule has 39 nitrogen and oxygen atoms in total. The lowest BCUT2D eigenvalue weighted by Gasteiger charge is -2.52. The summed E-state index contributed by atoms with van der Waals surface area (Å²) in [7, 11) is 0. The lowest BCUT2D eigenvalue weighted by atomic mass is 9.88. The highest BCUT2D eigenvalue weighted by Crippen LogP contribution is 2.41. The molecule has 39 heteroatoms. The Balaban J connectivity index is 1.33. The number of carboxylic acids is 1. The molecule has 0 unspecified atom stereocenters. The van der Waals surface area contributed by atoms with Gasteiger partial charge in [-0.2, -0.15) is 0 Å². The lowest BCUT2D eigenvalue weighted by Crippen LogP contribution is -2.72. The molecular formula is C47H78N4O35. The first-order chi connectivity index (χ1) is 40.5. The van der Waals surface area contributed by atoms with Crippen molar-refractivity contribution in [1.82, 2.24) is 21.3 Å². The molecule has 6 fully saturated rings. The van der Waals surface area contributed by atoms with Crippen LogP contribution in [0.15, 0.2) is 0 Å². The van der Waals surface area contributed by atoms with Gasteiger partial charge in [0.25, 0.3) is 5.79 Å². The van der Waals surface area contributed by atoms with Gasteiger partial charge in [0.05, 0.1) is 51.8 Å². The van der Waals surface area contributed by atoms with Crippen LogP contribution in [0.3, 0.4) is 0 Å². The molecule has 0 spiro atoms. The molecule has 0 aliphatic carbocycles. The minimum atomic E-state index is -3.42. The fraction of sp³-hybridized carbons (Fsp3) is 0.894. The van der Waals surface area contributed by atoms with Gasteiger partial charge in [0.1, 0.15) is 147 Å². The summed E-state index contributed by atoms with van der Waals surface area (Å²) in [5.41, 5.74) is 0. The molecule has 23 N–H and O–H groups in total. The van der Waals surface area contributed by atoms with Crippen LogP contribution in [0.5, 0.6) is 0 Å². The monoisotopic (exact) mass is 1260 g/mol. The second-order valence-electron chi connectivity index (χ2n) is 21.2. The summed E-state index contributed by atoms with van der Waals surface area (Å²) in [6.45, 7) is -4.79. The number of carbonyl (C=O) groups excluding carboxylic acids is 4. The van der Waals surface area contributed by atoms with Crippen LogP contribution in [0.1, 0.15) is 27.2 Å². The largest absolute Gasteiger partial charge is 0.477 e. The Morgan fingerprint density at radius 1 is 0.500 bits per heavy atom. The second kappa shape index (κ2) is 30.8. The fourth-order valence-electron chi connectivity index (χ4n) is 10.7. The molecule has 0 saturated carbocycles. The number of rotatable bonds is 24. The van der Waals surface area contributed by atoms with Crippen molar-refractivity contribution in [1.29, 1.82) is 0 Å². The third-order valence-corrected chi connectivity index (χ3v) is 15.1. The van der Waals surface area contributed by atoms with Crippen LogP contribution in [-0.4, -0.2) is 362 Å². The number of aliphatic carboxylic acids is 1. The SMILES string of the molecule is CC(=O)N[C@@H]1[C@@H](O[C@@H]2O[C@H](CO)[C@H](O)[C@H](O)[C@H]2O)[C@@H](O)[C@@H](CO[C@@H]2O[C@H](CO)[C@@H](O[C@@H]3O[C@H](CO)[C@H](O[C@@H]4O[C@H](CO)[C@H](O)[C@H](O)[C@H]4NC(C)=O)[C@H](O[C@]4(C(=O)O)C[C@H](O)[C@@H](NC(=O)CO)[C@H]([C@H](O)[C@H](O)CO)O4)[C@H]3O)[C@H](O)[C@H]2NC(C)=O)O[C@@H]1O. The van der Waals surface area contributed by atoms with Crippen LogP contribution in [-0.2, 0) is 76.1 Å². The molecule has 31 atom stereocenters. The standard InChI is InChI=1S/C47H78N4O35/c1-12(58)48-24-31(68)28(65)17(6-53)78-43(24)83-37-20(9-56)81-45(35(72)40(37)86-47(46(74)75)4-15(61)23(51-22(63)10-57)39(85-47)27(64)16(62)5-52)82-36-19(8-55)80-42(25(32(36)69)49-13(2)59)76-11-21-30(67)38(26(41(73)77-21)50-14(3)60)84-44-34(71)33(70)29(66)18(7-54)79-44/h15-21,23-45,52-57,61-62,64-73H,4-11H2,1-3H3,(H,48,58)(H,49,59)(H,50,60)(H,51,63)(H,74,75)/t15-,16+,17+,18+,19+,20+,21+,23+,24+,25+,26+,27+,28-,29-,30-,31+,32+,33-,34+,35+,36+,37-,38+,39+,40+,41-,42+,43-,44-,45-,47-/m0/s1. The summed E-state index contributed by atoms with van der Waals surface area (Å²) in [6.07, 6.45) is -54.9. The maximum absolute atomic E-state index is 13.6. The Bertz CT molecular complexity index is 2230. The number of hydrogen-bond donors (Lipinski definition) is 23. The summed E-state index contributed by atoms with van der Waals surface area (Å²) in [6, 6.07) is -7.22. The van der Waals surface area contributed by atoms with Gasteiger partial charge in [-0.1, -0.05) is 0 Å². The Labute approximate surface area is 486 Å². The molecule has 6 saturated heterocycles. The predicted octanol–water partition coefficient (Wildman–Crippen LogP) is -15.3. The number of nitrogens with one attached hydrogen (secondary N) is 4. The number of ether oxygens (including phenoxy) is 11. The molecule has 6 heterocycles. The van der Waals surface area contributed by atoms with Crippen LogP contribution in [0, 0.1) is 0 Å². The third-order valence-electron chi connectivity index (χ3n) is 15.1. The maximum Gasteiger partial charge on any atom is 0.364 e. The van der Waals surface area contributed by atoms with E-state index in [2.05, 4.69) is 21.3 Å². The van der Waals surface area contributed by atoms with Crippen molar-refractivity contribution in [3.63, 3.8) is 0 Å². The van der Waals surface area contributed by atoms with Crippen molar-refractivity contribution in [3.8, 4) is 0 Å². The summed E-state index contributed by atoms with van der Waals surface area (Å²) in [4.78, 5) is 63.3. The van der Waals surface area contributed by atoms with Crippen LogP contribution in [0.25, 0.3) is 0 Å². The van der Waals surface area contributed by atoms with Gasteiger partial charge in [0, 0.05) is 27.2 Å². The average molecular weight is 1260 g/mol. The van der Waals surface area contributed by atoms with Gasteiger partial charge in [-0.25, -0.2) is 4.79 Å². The molecule has 4 amide bonds. The number of amides is 4. The minimum absolute atomic E-state index is 0.801. The van der Waals surface area contributed by atoms with E-state index < -0.39 is 272 Å². The molecule has 0 aromatic heterocycles. The van der Waals surface area contributed by atoms with Crippen molar-refractivity contribution in [3.05, 3.63) is 0 Å². The number of carbonyl (C=O) groups is 5. The van der Waals surface area contributed by atoms with E-state index in [9.17, 15) is 121 Å². The lowest BCUT2D eigenvalue weighted by molar-refractivity contribution is -0.399. The first kappa shape index (κ1) is 71.3. The predicted molar refractivity (Wildman–Crippen MR) is 264 cm³/mol. The molecule has 6 aliphatic rings. The topological polar surface area (TPSA) is 619 Å². The first-order valence-electron chi connectivity index (χ1n) is 26.9. The van der Waals surface area contributed by atoms with Crippen LogP contribution >= 0.6 is 0 Å². The van der Waals surface area contributed by atoms with E-state index >= 15 is 0 Å². The number of aliphatic hydroxyl groups is 18. The van der Waals surface area contributed by atoms with E-state index in [1.54, 1.807) is 0 Å². The summed E-state index contributed by atoms with van der Waals surface area (Å²) >= 11 is 0. The van der Waals surface area contributed by atoms with Crippen molar-refractivity contribution in [2.24, 2.45) is 0 Å². The van der Waals surface area contributed by atoms with Crippen LogP contribution in [0.2, 0.25) is 0 Å². The first-order valence-corrected chi connectivity index (χ1v) is 26.9. The summed E-state index contributed by atoms with van der Waals surface area (Å²) < 4.78 is 64.0. The van der Waals surface area contributed by atoms with Crippen LogP contribution in [0.4, 0.5) is 0 Å². The minimum Gasteiger partial charge on any atom is -0.477 e. The van der Waals surface area contributed by atoms with Crippen molar-refractivity contribution in [2.45, 2.75) is 217 Å². The highest BCUT2D eigenvalue weighted by molar-refractivity contribution is 5.78. The molecular weight excluding hydrogens is 1180 g/mol. The number of aliphatic hydroxyl groups excluding tert-OH is 18. The Kier molecular flexibility index (Phi) is 25.5. The molecule has 496 valence electrons. The molecule has 0 radical (unpaired) electrons. The maximum atomic E-state index is 13.6. The van der Waals surface area contributed by atoms with E-state index in [1.165, 1.54) is 0 Å². The molecule has 6 aliphatic heterocycles. The van der Waals surface area contributed by atoms with E-state index in [1.807, 2.05) is 0 Å². The van der Waals surface area contributed by atoms with Gasteiger partial charge in [0.2, 0.25) is 23.6 Å². The Hall–Kier alpha value is -3.81. The zero-order valence-electron chi connectivity index (χ0n) is 46.0. The zero-order chi connectivity index (χ0) is 64.0. The molecule has 0 aromatic rings. The fourth-order valence-corrected chi connectivity index (χ4v) is 10.7.